The van der Waals surface area contributed by atoms with E-state index in [9.17, 15) is 4.79 Å². The highest BCUT2D eigenvalue weighted by molar-refractivity contribution is 5.80. The summed E-state index contributed by atoms with van der Waals surface area (Å²) < 4.78 is 0. The first-order valence-electron chi connectivity index (χ1n) is 8.85. The number of carbonyl (C=O) groups is 1. The lowest BCUT2D eigenvalue weighted by molar-refractivity contribution is -0.130. The fourth-order valence-corrected chi connectivity index (χ4v) is 3.35. The minimum absolute atomic E-state index is 0.161. The van der Waals surface area contributed by atoms with Crippen molar-refractivity contribution in [3.8, 4) is 0 Å². The molecule has 1 aromatic rings. The van der Waals surface area contributed by atoms with Crippen LogP contribution in [-0.2, 0) is 11.3 Å². The zero-order chi connectivity index (χ0) is 15.6. The highest BCUT2D eigenvalue weighted by Crippen LogP contribution is 2.28. The molecule has 1 aromatic heterocycles. The summed E-state index contributed by atoms with van der Waals surface area (Å²) in [5, 5.41) is 3.08. The number of rotatable bonds is 6. The van der Waals surface area contributed by atoms with E-state index in [1.807, 2.05) is 12.3 Å². The molecule has 6 heteroatoms. The van der Waals surface area contributed by atoms with Crippen LogP contribution in [0.25, 0.3) is 0 Å². The summed E-state index contributed by atoms with van der Waals surface area (Å²) in [5.41, 5.74) is 1.05. The first-order valence-corrected chi connectivity index (χ1v) is 8.85. The second-order valence-electron chi connectivity index (χ2n) is 7.12. The van der Waals surface area contributed by atoms with E-state index in [-0.39, 0.29) is 11.8 Å². The number of likely N-dealkylation sites (tertiary alicyclic amines) is 1. The van der Waals surface area contributed by atoms with E-state index in [4.69, 9.17) is 0 Å². The Hall–Kier alpha value is -1.69. The molecule has 0 spiro atoms. The van der Waals surface area contributed by atoms with Gasteiger partial charge in [-0.05, 0) is 37.7 Å². The Morgan fingerprint density at radius 3 is 2.78 bits per heavy atom. The molecule has 6 nitrogen and oxygen atoms in total. The average Bonchev–Trinajstić information content (AvgIpc) is 3.19. The molecule has 4 rings (SSSR count). The van der Waals surface area contributed by atoms with Gasteiger partial charge in [0.2, 0.25) is 11.9 Å². The molecule has 1 saturated carbocycles. The van der Waals surface area contributed by atoms with Crippen molar-refractivity contribution in [1.29, 1.82) is 0 Å². The Balaban J connectivity index is 1.25. The molecule has 3 aliphatic rings. The van der Waals surface area contributed by atoms with Gasteiger partial charge in [0, 0.05) is 45.5 Å². The fourth-order valence-electron chi connectivity index (χ4n) is 3.35. The Morgan fingerprint density at radius 1 is 1.26 bits per heavy atom. The Bertz CT molecular complexity index is 562. The van der Waals surface area contributed by atoms with Crippen molar-refractivity contribution >= 4 is 11.9 Å². The molecule has 0 radical (unpaired) electrons. The topological polar surface area (TPSA) is 61.4 Å². The van der Waals surface area contributed by atoms with Gasteiger partial charge in [-0.25, -0.2) is 9.97 Å². The molecular formula is C17H25N5O. The predicted octanol–water partition coefficient (Wildman–Crippen LogP) is 1.03. The maximum atomic E-state index is 12.0. The molecule has 1 aliphatic carbocycles. The molecule has 124 valence electrons. The van der Waals surface area contributed by atoms with Gasteiger partial charge in [-0.1, -0.05) is 0 Å². The van der Waals surface area contributed by atoms with Gasteiger partial charge >= 0.3 is 0 Å². The number of nitrogens with zero attached hydrogens (tertiary/aromatic N) is 4. The maximum Gasteiger partial charge on any atom is 0.225 e. The SMILES string of the molecule is O=C(NCC1CC1)C1CN(Cc2ccnc(N3CCCC3)n2)C1. The normalized spacial score (nSPS) is 22.2. The summed E-state index contributed by atoms with van der Waals surface area (Å²) >= 11 is 0. The summed E-state index contributed by atoms with van der Waals surface area (Å²) in [7, 11) is 0. The van der Waals surface area contributed by atoms with Gasteiger partial charge < -0.3 is 10.2 Å². The number of nitrogens with one attached hydrogen (secondary N) is 1. The van der Waals surface area contributed by atoms with E-state index >= 15 is 0 Å². The fraction of sp³-hybridized carbons (Fsp3) is 0.706. The summed E-state index contributed by atoms with van der Waals surface area (Å²) in [6.45, 7) is 5.52. The third-order valence-electron chi connectivity index (χ3n) is 5.06. The van der Waals surface area contributed by atoms with Crippen LogP contribution in [0.1, 0.15) is 31.4 Å². The Kier molecular flexibility index (Phi) is 4.16. The maximum absolute atomic E-state index is 12.0. The standard InChI is InChI=1S/C17H25N5O/c23-16(19-9-13-3-4-13)14-10-21(11-14)12-15-5-6-18-17(20-15)22-7-1-2-8-22/h5-6,13-14H,1-4,7-12H2,(H,19,23). The van der Waals surface area contributed by atoms with Crippen molar-refractivity contribution < 1.29 is 4.79 Å². The molecule has 2 saturated heterocycles. The average molecular weight is 315 g/mol. The summed E-state index contributed by atoms with van der Waals surface area (Å²) in [4.78, 5) is 25.6. The minimum Gasteiger partial charge on any atom is -0.356 e. The van der Waals surface area contributed by atoms with E-state index in [1.54, 1.807) is 0 Å². The van der Waals surface area contributed by atoms with E-state index in [0.29, 0.717) is 0 Å². The molecule has 0 unspecified atom stereocenters. The molecule has 1 N–H and O–H groups in total. The lowest BCUT2D eigenvalue weighted by Crippen LogP contribution is -2.53. The number of anilines is 1. The van der Waals surface area contributed by atoms with Crippen molar-refractivity contribution in [2.24, 2.45) is 11.8 Å². The van der Waals surface area contributed by atoms with Crippen LogP contribution in [0.3, 0.4) is 0 Å². The monoisotopic (exact) mass is 315 g/mol. The lowest BCUT2D eigenvalue weighted by Gasteiger charge is -2.38. The predicted molar refractivity (Wildman–Crippen MR) is 88.0 cm³/mol. The minimum atomic E-state index is 0.161. The first-order chi connectivity index (χ1) is 11.3. The third kappa shape index (κ3) is 3.63. The van der Waals surface area contributed by atoms with Gasteiger partial charge in [-0.3, -0.25) is 9.69 Å². The van der Waals surface area contributed by atoms with Crippen LogP contribution < -0.4 is 10.2 Å². The summed E-state index contributed by atoms with van der Waals surface area (Å²) in [5.74, 6) is 2.00. The second kappa shape index (κ2) is 6.43. The molecule has 0 bridgehead atoms. The van der Waals surface area contributed by atoms with Crippen molar-refractivity contribution in [3.63, 3.8) is 0 Å². The van der Waals surface area contributed by atoms with Gasteiger partial charge in [0.25, 0.3) is 0 Å². The van der Waals surface area contributed by atoms with Crippen molar-refractivity contribution in [3.05, 3.63) is 18.0 Å². The molecule has 1 amide bonds. The number of hydrogen-bond acceptors (Lipinski definition) is 5. The first kappa shape index (κ1) is 14.9. The molecule has 23 heavy (non-hydrogen) atoms. The van der Waals surface area contributed by atoms with Crippen LogP contribution in [0.2, 0.25) is 0 Å². The van der Waals surface area contributed by atoms with Gasteiger partial charge in [0.05, 0.1) is 11.6 Å². The van der Waals surface area contributed by atoms with Crippen LogP contribution in [0.5, 0.6) is 0 Å². The van der Waals surface area contributed by atoms with Crippen LogP contribution in [-0.4, -0.2) is 53.5 Å². The third-order valence-corrected chi connectivity index (χ3v) is 5.06. The van der Waals surface area contributed by atoms with Gasteiger partial charge in [0.1, 0.15) is 0 Å². The zero-order valence-electron chi connectivity index (χ0n) is 13.6. The summed E-state index contributed by atoms with van der Waals surface area (Å²) in [6.07, 6.45) is 6.89. The molecule has 2 aliphatic heterocycles. The van der Waals surface area contributed by atoms with Crippen LogP contribution in [0, 0.1) is 11.8 Å². The quantitative estimate of drug-likeness (QED) is 0.850. The number of hydrogen-bond donors (Lipinski definition) is 1. The second-order valence-corrected chi connectivity index (χ2v) is 7.12. The molecular weight excluding hydrogens is 290 g/mol. The zero-order valence-corrected chi connectivity index (χ0v) is 13.6. The van der Waals surface area contributed by atoms with Gasteiger partial charge in [-0.15, -0.1) is 0 Å². The van der Waals surface area contributed by atoms with Crippen LogP contribution >= 0.6 is 0 Å². The Morgan fingerprint density at radius 2 is 2.04 bits per heavy atom. The van der Waals surface area contributed by atoms with E-state index in [0.717, 1.165) is 56.8 Å². The van der Waals surface area contributed by atoms with Crippen LogP contribution in [0.15, 0.2) is 12.3 Å². The molecule has 3 heterocycles. The highest BCUT2D eigenvalue weighted by Gasteiger charge is 2.33. The van der Waals surface area contributed by atoms with E-state index in [1.165, 1.54) is 25.7 Å². The number of amides is 1. The molecule has 3 fully saturated rings. The largest absolute Gasteiger partial charge is 0.356 e. The lowest BCUT2D eigenvalue weighted by atomic mass is 9.99. The van der Waals surface area contributed by atoms with Gasteiger partial charge in [0.15, 0.2) is 0 Å². The number of carbonyl (C=O) groups excluding carboxylic acids is 1. The van der Waals surface area contributed by atoms with Crippen LogP contribution in [0.4, 0.5) is 5.95 Å². The Labute approximate surface area is 137 Å². The van der Waals surface area contributed by atoms with Crippen molar-refractivity contribution in [1.82, 2.24) is 20.2 Å². The summed E-state index contributed by atoms with van der Waals surface area (Å²) in [6, 6.07) is 1.99. The molecule has 0 aromatic carbocycles. The van der Waals surface area contributed by atoms with E-state index in [2.05, 4.69) is 25.1 Å². The number of aromatic nitrogens is 2. The highest BCUT2D eigenvalue weighted by atomic mass is 16.2. The van der Waals surface area contributed by atoms with Crippen molar-refractivity contribution in [2.45, 2.75) is 32.2 Å². The van der Waals surface area contributed by atoms with Crippen molar-refractivity contribution in [2.75, 3.05) is 37.6 Å². The van der Waals surface area contributed by atoms with E-state index < -0.39 is 0 Å². The molecule has 0 atom stereocenters. The van der Waals surface area contributed by atoms with Gasteiger partial charge in [-0.2, -0.15) is 0 Å². The smallest absolute Gasteiger partial charge is 0.225 e.